The van der Waals surface area contributed by atoms with Gasteiger partial charge in [0.1, 0.15) is 0 Å². The molecular formula is C46H30N2. The SMILES string of the molecule is c1ccc(-c2ccccc2-c2ccc3c4ccccc4c4ccccc4c3c2)c(-c2cc(-c3ccncc3)cc(-c3ccncc3)c2)c1. The van der Waals surface area contributed by atoms with Gasteiger partial charge in [0.05, 0.1) is 0 Å². The molecule has 0 bridgehead atoms. The van der Waals surface area contributed by atoms with Gasteiger partial charge in [0, 0.05) is 24.8 Å². The van der Waals surface area contributed by atoms with E-state index in [1.54, 1.807) is 0 Å². The molecule has 9 rings (SSSR count). The van der Waals surface area contributed by atoms with Gasteiger partial charge in [0.15, 0.2) is 0 Å². The Balaban J connectivity index is 1.25. The van der Waals surface area contributed by atoms with E-state index in [1.165, 1.54) is 60.1 Å². The maximum absolute atomic E-state index is 4.27. The molecule has 7 aromatic carbocycles. The van der Waals surface area contributed by atoms with Crippen LogP contribution in [0.3, 0.4) is 0 Å². The van der Waals surface area contributed by atoms with E-state index in [1.807, 2.05) is 24.8 Å². The van der Waals surface area contributed by atoms with Gasteiger partial charge in [0.25, 0.3) is 0 Å². The highest BCUT2D eigenvalue weighted by Crippen LogP contribution is 2.42. The summed E-state index contributed by atoms with van der Waals surface area (Å²) in [7, 11) is 0. The molecule has 0 aliphatic heterocycles. The first-order valence-corrected chi connectivity index (χ1v) is 16.3. The fourth-order valence-electron chi connectivity index (χ4n) is 7.22. The molecule has 224 valence electrons. The zero-order valence-electron chi connectivity index (χ0n) is 26.2. The van der Waals surface area contributed by atoms with Crippen molar-refractivity contribution in [1.29, 1.82) is 0 Å². The predicted molar refractivity (Wildman–Crippen MR) is 202 cm³/mol. The molecule has 0 aliphatic rings. The van der Waals surface area contributed by atoms with Gasteiger partial charge in [-0.2, -0.15) is 0 Å². The van der Waals surface area contributed by atoms with Gasteiger partial charge in [0.2, 0.25) is 0 Å². The summed E-state index contributed by atoms with van der Waals surface area (Å²) in [5, 5.41) is 7.70. The number of pyridine rings is 2. The van der Waals surface area contributed by atoms with E-state index < -0.39 is 0 Å². The average molecular weight is 611 g/mol. The van der Waals surface area contributed by atoms with E-state index in [0.717, 1.165) is 27.8 Å². The first-order valence-electron chi connectivity index (χ1n) is 16.3. The zero-order valence-corrected chi connectivity index (χ0v) is 26.2. The molecule has 0 saturated carbocycles. The van der Waals surface area contributed by atoms with E-state index in [2.05, 4.69) is 168 Å². The highest BCUT2D eigenvalue weighted by Gasteiger charge is 2.16. The summed E-state index contributed by atoms with van der Waals surface area (Å²) in [6, 6.07) is 57.3. The van der Waals surface area contributed by atoms with Crippen LogP contribution in [0, 0.1) is 0 Å². The maximum atomic E-state index is 4.27. The number of benzene rings is 7. The summed E-state index contributed by atoms with van der Waals surface area (Å²) in [4.78, 5) is 8.53. The number of hydrogen-bond acceptors (Lipinski definition) is 2. The molecule has 2 nitrogen and oxygen atoms in total. The van der Waals surface area contributed by atoms with E-state index in [9.17, 15) is 0 Å². The summed E-state index contributed by atoms with van der Waals surface area (Å²) in [6.45, 7) is 0. The van der Waals surface area contributed by atoms with Crippen LogP contribution in [0.15, 0.2) is 183 Å². The van der Waals surface area contributed by atoms with Crippen LogP contribution < -0.4 is 0 Å². The molecule has 0 unspecified atom stereocenters. The molecule has 2 aromatic heterocycles. The molecule has 0 atom stereocenters. The summed E-state index contributed by atoms with van der Waals surface area (Å²) in [5.74, 6) is 0. The molecule has 0 radical (unpaired) electrons. The Morgan fingerprint density at radius 3 is 1.10 bits per heavy atom. The number of nitrogens with zero attached hydrogens (tertiary/aromatic N) is 2. The first-order chi connectivity index (χ1) is 23.8. The van der Waals surface area contributed by atoms with Gasteiger partial charge < -0.3 is 0 Å². The number of rotatable bonds is 5. The molecule has 2 heterocycles. The normalized spacial score (nSPS) is 11.3. The van der Waals surface area contributed by atoms with Gasteiger partial charge in [-0.1, -0.05) is 109 Å². The molecule has 0 aliphatic carbocycles. The standard InChI is InChI=1S/C46H30N2/c1-3-11-39(37(9-1)33-17-18-45-43-15-6-5-13-41(43)42-14-7-8-16-44(42)46(45)30-33)40-12-4-2-10-38(40)36-28-34(31-19-23-47-24-20-31)27-35(29-36)32-21-25-48-26-22-32/h1-30H. The second kappa shape index (κ2) is 11.8. The van der Waals surface area contributed by atoms with Crippen molar-refractivity contribution in [1.82, 2.24) is 9.97 Å². The summed E-state index contributed by atoms with van der Waals surface area (Å²) < 4.78 is 0. The largest absolute Gasteiger partial charge is 0.265 e. The summed E-state index contributed by atoms with van der Waals surface area (Å²) in [6.07, 6.45) is 7.42. The van der Waals surface area contributed by atoms with Crippen molar-refractivity contribution in [2.24, 2.45) is 0 Å². The topological polar surface area (TPSA) is 25.8 Å². The van der Waals surface area contributed by atoms with Crippen LogP contribution in [0.1, 0.15) is 0 Å². The number of hydrogen-bond donors (Lipinski definition) is 0. The van der Waals surface area contributed by atoms with Crippen molar-refractivity contribution < 1.29 is 0 Å². The maximum Gasteiger partial charge on any atom is 0.0273 e. The van der Waals surface area contributed by atoms with Gasteiger partial charge in [-0.3, -0.25) is 9.97 Å². The molecule has 2 heteroatoms. The highest BCUT2D eigenvalue weighted by atomic mass is 14.6. The average Bonchev–Trinajstić information content (AvgIpc) is 3.18. The smallest absolute Gasteiger partial charge is 0.0273 e. The van der Waals surface area contributed by atoms with Crippen molar-refractivity contribution in [3.05, 3.63) is 183 Å². The van der Waals surface area contributed by atoms with Crippen molar-refractivity contribution in [3.8, 4) is 55.6 Å². The second-order valence-electron chi connectivity index (χ2n) is 12.2. The highest BCUT2D eigenvalue weighted by molar-refractivity contribution is 6.25. The first kappa shape index (κ1) is 27.9. The minimum Gasteiger partial charge on any atom is -0.265 e. The molecule has 0 fully saturated rings. The Hall–Kier alpha value is -6.38. The fourth-order valence-corrected chi connectivity index (χ4v) is 7.22. The van der Waals surface area contributed by atoms with E-state index in [4.69, 9.17) is 0 Å². The van der Waals surface area contributed by atoms with Crippen molar-refractivity contribution in [2.45, 2.75) is 0 Å². The lowest BCUT2D eigenvalue weighted by molar-refractivity contribution is 1.33. The molecule has 0 N–H and O–H groups in total. The Kier molecular flexibility index (Phi) is 6.84. The Morgan fingerprint density at radius 2 is 0.604 bits per heavy atom. The van der Waals surface area contributed by atoms with Crippen molar-refractivity contribution in [3.63, 3.8) is 0 Å². The van der Waals surface area contributed by atoms with Crippen molar-refractivity contribution >= 4 is 32.3 Å². The molecule has 9 aromatic rings. The Labute approximate surface area is 279 Å². The van der Waals surface area contributed by atoms with E-state index in [0.29, 0.717) is 0 Å². The minimum absolute atomic E-state index is 1.14. The van der Waals surface area contributed by atoms with Crippen LogP contribution in [0.4, 0.5) is 0 Å². The predicted octanol–water partition coefficient (Wildman–Crippen LogP) is 12.3. The third-order valence-corrected chi connectivity index (χ3v) is 9.47. The summed E-state index contributed by atoms with van der Waals surface area (Å²) >= 11 is 0. The number of fused-ring (bicyclic) bond motifs is 6. The number of aromatic nitrogens is 2. The van der Waals surface area contributed by atoms with Crippen LogP contribution in [0.25, 0.3) is 88.0 Å². The van der Waals surface area contributed by atoms with Crippen LogP contribution >= 0.6 is 0 Å². The molecular weight excluding hydrogens is 581 g/mol. The lowest BCUT2D eigenvalue weighted by Crippen LogP contribution is -1.91. The quantitative estimate of drug-likeness (QED) is 0.181. The van der Waals surface area contributed by atoms with Gasteiger partial charge in [-0.05, 0) is 136 Å². The third kappa shape index (κ3) is 4.83. The van der Waals surface area contributed by atoms with Crippen LogP contribution in [0.5, 0.6) is 0 Å². The Morgan fingerprint density at radius 1 is 0.229 bits per heavy atom. The van der Waals surface area contributed by atoms with Gasteiger partial charge >= 0.3 is 0 Å². The third-order valence-electron chi connectivity index (χ3n) is 9.47. The second-order valence-corrected chi connectivity index (χ2v) is 12.2. The monoisotopic (exact) mass is 610 g/mol. The lowest BCUT2D eigenvalue weighted by Gasteiger charge is -2.17. The minimum atomic E-state index is 1.14. The van der Waals surface area contributed by atoms with Crippen molar-refractivity contribution in [2.75, 3.05) is 0 Å². The Bertz CT molecular complexity index is 2510. The fraction of sp³-hybridized carbons (Fsp3) is 0. The van der Waals surface area contributed by atoms with E-state index in [-0.39, 0.29) is 0 Å². The molecule has 0 saturated heterocycles. The lowest BCUT2D eigenvalue weighted by atomic mass is 9.86. The van der Waals surface area contributed by atoms with Crippen LogP contribution in [0.2, 0.25) is 0 Å². The molecule has 48 heavy (non-hydrogen) atoms. The summed E-state index contributed by atoms with van der Waals surface area (Å²) in [5.41, 5.74) is 11.7. The van der Waals surface area contributed by atoms with Crippen LogP contribution in [-0.4, -0.2) is 9.97 Å². The van der Waals surface area contributed by atoms with Crippen LogP contribution in [-0.2, 0) is 0 Å². The van der Waals surface area contributed by atoms with Gasteiger partial charge in [-0.15, -0.1) is 0 Å². The van der Waals surface area contributed by atoms with Gasteiger partial charge in [-0.25, -0.2) is 0 Å². The zero-order chi connectivity index (χ0) is 31.9. The van der Waals surface area contributed by atoms with E-state index >= 15 is 0 Å². The molecule has 0 amide bonds. The molecule has 0 spiro atoms.